The van der Waals surface area contributed by atoms with Gasteiger partial charge in [-0.15, -0.1) is 0 Å². The van der Waals surface area contributed by atoms with Crippen molar-refractivity contribution in [2.45, 2.75) is 6.92 Å². The summed E-state index contributed by atoms with van der Waals surface area (Å²) in [5.74, 6) is 5.25. The molecule has 1 aromatic rings. The first kappa shape index (κ1) is 8.84. The molecular weight excluding hydrogens is 227 g/mol. The second kappa shape index (κ2) is 3.43. The van der Waals surface area contributed by atoms with Crippen LogP contribution in [0.3, 0.4) is 0 Å². The Labute approximate surface area is 78.8 Å². The van der Waals surface area contributed by atoms with Crippen LogP contribution in [0.2, 0.25) is 5.02 Å². The van der Waals surface area contributed by atoms with Crippen LogP contribution in [0.25, 0.3) is 0 Å². The number of rotatable bonds is 1. The third-order valence-electron chi connectivity index (χ3n) is 1.42. The largest absolute Gasteiger partial charge is 0.324 e. The van der Waals surface area contributed by atoms with Crippen molar-refractivity contribution in [1.82, 2.24) is 0 Å². The van der Waals surface area contributed by atoms with Gasteiger partial charge in [0.05, 0.1) is 10.7 Å². The highest BCUT2D eigenvalue weighted by Crippen LogP contribution is 2.28. The van der Waals surface area contributed by atoms with E-state index in [-0.39, 0.29) is 0 Å². The fourth-order valence-corrected chi connectivity index (χ4v) is 1.42. The first-order chi connectivity index (χ1) is 5.15. The first-order valence-corrected chi connectivity index (χ1v) is 4.24. The quantitative estimate of drug-likeness (QED) is 0.580. The molecule has 0 saturated carbocycles. The summed E-state index contributed by atoms with van der Waals surface area (Å²) in [5, 5.41) is 0.656. The van der Waals surface area contributed by atoms with Gasteiger partial charge < -0.3 is 5.43 Å². The molecule has 11 heavy (non-hydrogen) atoms. The second-order valence-electron chi connectivity index (χ2n) is 2.23. The van der Waals surface area contributed by atoms with Crippen molar-refractivity contribution in [3.8, 4) is 0 Å². The van der Waals surface area contributed by atoms with Gasteiger partial charge in [-0.3, -0.25) is 5.84 Å². The Morgan fingerprint density at radius 1 is 1.55 bits per heavy atom. The molecule has 0 unspecified atom stereocenters. The zero-order chi connectivity index (χ0) is 8.43. The highest BCUT2D eigenvalue weighted by Gasteiger charge is 2.01. The number of halogens is 2. The van der Waals surface area contributed by atoms with Gasteiger partial charge in [-0.05, 0) is 40.5 Å². The van der Waals surface area contributed by atoms with E-state index >= 15 is 0 Å². The number of nitrogens with two attached hydrogens (primary N) is 1. The summed E-state index contributed by atoms with van der Waals surface area (Å²) in [5.41, 5.74) is 4.46. The average Bonchev–Trinajstić information content (AvgIpc) is 1.97. The maximum absolute atomic E-state index is 5.82. The molecule has 60 valence electrons. The predicted octanol–water partition coefficient (Wildman–Crippen LogP) is 2.70. The minimum atomic E-state index is 0.656. The van der Waals surface area contributed by atoms with E-state index in [4.69, 9.17) is 17.4 Å². The fourth-order valence-electron chi connectivity index (χ4n) is 0.802. The highest BCUT2D eigenvalue weighted by atomic mass is 79.9. The van der Waals surface area contributed by atoms with Gasteiger partial charge in [-0.1, -0.05) is 11.6 Å². The molecular formula is C7H8BrClN2. The number of hydrazine groups is 1. The smallest absolute Gasteiger partial charge is 0.0569 e. The monoisotopic (exact) mass is 234 g/mol. The van der Waals surface area contributed by atoms with Crippen molar-refractivity contribution in [3.63, 3.8) is 0 Å². The van der Waals surface area contributed by atoms with Crippen molar-refractivity contribution in [3.05, 3.63) is 27.2 Å². The second-order valence-corrected chi connectivity index (χ2v) is 3.49. The Bertz CT molecular complexity index is 275. The van der Waals surface area contributed by atoms with Crippen LogP contribution in [0.1, 0.15) is 5.56 Å². The standard InChI is InChI=1S/C7H8BrClN2/c1-4-2-5(8)6(9)3-7(4)11-10/h2-3,11H,10H2,1H3. The normalized spacial score (nSPS) is 9.82. The molecule has 0 fully saturated rings. The van der Waals surface area contributed by atoms with Crippen LogP contribution in [-0.2, 0) is 0 Å². The van der Waals surface area contributed by atoms with Crippen molar-refractivity contribution >= 4 is 33.2 Å². The summed E-state index contributed by atoms with van der Waals surface area (Å²) >= 11 is 9.13. The molecule has 0 saturated heterocycles. The van der Waals surface area contributed by atoms with Crippen LogP contribution in [0, 0.1) is 6.92 Å². The molecule has 1 aromatic carbocycles. The molecule has 4 heteroatoms. The Morgan fingerprint density at radius 3 is 2.73 bits per heavy atom. The van der Waals surface area contributed by atoms with E-state index in [1.165, 1.54) is 0 Å². The zero-order valence-electron chi connectivity index (χ0n) is 5.99. The van der Waals surface area contributed by atoms with Gasteiger partial charge in [0.15, 0.2) is 0 Å². The van der Waals surface area contributed by atoms with Crippen LogP contribution in [0.15, 0.2) is 16.6 Å². The Morgan fingerprint density at radius 2 is 2.18 bits per heavy atom. The van der Waals surface area contributed by atoms with Crippen LogP contribution < -0.4 is 11.3 Å². The third-order valence-corrected chi connectivity index (χ3v) is 2.62. The number of nitrogens with one attached hydrogen (secondary N) is 1. The van der Waals surface area contributed by atoms with Crippen molar-refractivity contribution in [2.24, 2.45) is 5.84 Å². The fraction of sp³-hybridized carbons (Fsp3) is 0.143. The topological polar surface area (TPSA) is 38.0 Å². The van der Waals surface area contributed by atoms with E-state index < -0.39 is 0 Å². The molecule has 0 atom stereocenters. The number of benzene rings is 1. The van der Waals surface area contributed by atoms with Crippen molar-refractivity contribution in [2.75, 3.05) is 5.43 Å². The van der Waals surface area contributed by atoms with E-state index in [0.29, 0.717) is 5.02 Å². The number of nitrogen functional groups attached to an aromatic ring is 1. The van der Waals surface area contributed by atoms with Gasteiger partial charge in [-0.25, -0.2) is 0 Å². The lowest BCUT2D eigenvalue weighted by molar-refractivity contribution is 1.30. The maximum Gasteiger partial charge on any atom is 0.0569 e. The van der Waals surface area contributed by atoms with E-state index in [9.17, 15) is 0 Å². The average molecular weight is 236 g/mol. The summed E-state index contributed by atoms with van der Waals surface area (Å²) in [6.45, 7) is 1.95. The van der Waals surface area contributed by atoms with Crippen LogP contribution >= 0.6 is 27.5 Å². The number of aryl methyl sites for hydroxylation is 1. The molecule has 0 heterocycles. The molecule has 0 bridgehead atoms. The maximum atomic E-state index is 5.82. The molecule has 2 nitrogen and oxygen atoms in total. The summed E-state index contributed by atoms with van der Waals surface area (Å²) in [6, 6.07) is 3.69. The molecule has 0 aliphatic carbocycles. The van der Waals surface area contributed by atoms with Gasteiger partial charge >= 0.3 is 0 Å². The van der Waals surface area contributed by atoms with E-state index in [0.717, 1.165) is 15.7 Å². The minimum absolute atomic E-state index is 0.656. The lowest BCUT2D eigenvalue weighted by Crippen LogP contribution is -2.07. The molecule has 1 rings (SSSR count). The van der Waals surface area contributed by atoms with E-state index in [1.807, 2.05) is 13.0 Å². The zero-order valence-corrected chi connectivity index (χ0v) is 8.33. The Balaban J connectivity index is 3.21. The lowest BCUT2D eigenvalue weighted by atomic mass is 10.2. The van der Waals surface area contributed by atoms with Gasteiger partial charge in [0.2, 0.25) is 0 Å². The highest BCUT2D eigenvalue weighted by molar-refractivity contribution is 9.10. The van der Waals surface area contributed by atoms with Gasteiger partial charge in [0.25, 0.3) is 0 Å². The van der Waals surface area contributed by atoms with Crippen LogP contribution in [0.4, 0.5) is 5.69 Å². The SMILES string of the molecule is Cc1cc(Br)c(Cl)cc1NN. The van der Waals surface area contributed by atoms with Crippen molar-refractivity contribution in [1.29, 1.82) is 0 Å². The molecule has 0 amide bonds. The van der Waals surface area contributed by atoms with Gasteiger partial charge in [0.1, 0.15) is 0 Å². The molecule has 3 N–H and O–H groups in total. The van der Waals surface area contributed by atoms with E-state index in [2.05, 4.69) is 21.4 Å². The van der Waals surface area contributed by atoms with Crippen molar-refractivity contribution < 1.29 is 0 Å². The number of hydrogen-bond acceptors (Lipinski definition) is 2. The summed E-state index contributed by atoms with van der Waals surface area (Å²) < 4.78 is 0.885. The number of anilines is 1. The van der Waals surface area contributed by atoms with Gasteiger partial charge in [-0.2, -0.15) is 0 Å². The summed E-state index contributed by atoms with van der Waals surface area (Å²) in [4.78, 5) is 0. The molecule has 0 aliphatic heterocycles. The number of hydrogen-bond donors (Lipinski definition) is 2. The van der Waals surface area contributed by atoms with Crippen LogP contribution in [-0.4, -0.2) is 0 Å². The third kappa shape index (κ3) is 1.86. The molecule has 0 spiro atoms. The minimum Gasteiger partial charge on any atom is -0.324 e. The molecule has 0 aliphatic rings. The molecule has 0 aromatic heterocycles. The Kier molecular flexibility index (Phi) is 2.76. The van der Waals surface area contributed by atoms with Crippen LogP contribution in [0.5, 0.6) is 0 Å². The first-order valence-electron chi connectivity index (χ1n) is 3.07. The van der Waals surface area contributed by atoms with Gasteiger partial charge in [0, 0.05) is 4.47 Å². The summed E-state index contributed by atoms with van der Waals surface area (Å²) in [6.07, 6.45) is 0. The van der Waals surface area contributed by atoms with E-state index in [1.54, 1.807) is 6.07 Å². The predicted molar refractivity (Wildman–Crippen MR) is 51.7 cm³/mol. The molecule has 0 radical (unpaired) electrons. The summed E-state index contributed by atoms with van der Waals surface area (Å²) in [7, 11) is 0. The lowest BCUT2D eigenvalue weighted by Gasteiger charge is -2.05. The Hall–Kier alpha value is -0.250.